The van der Waals surface area contributed by atoms with Crippen LogP contribution >= 0.6 is 0 Å². The summed E-state index contributed by atoms with van der Waals surface area (Å²) in [6.07, 6.45) is 3.05. The molecule has 0 saturated heterocycles. The van der Waals surface area contributed by atoms with E-state index in [1.807, 2.05) is 19.1 Å². The lowest BCUT2D eigenvalue weighted by Crippen LogP contribution is -2.44. The van der Waals surface area contributed by atoms with Crippen molar-refractivity contribution in [2.24, 2.45) is 5.73 Å². The SMILES string of the molecule is Cc1cccc(C(=O)NC2CCCC2N)n1. The molecule has 4 heteroatoms. The molecule has 1 amide bonds. The average molecular weight is 219 g/mol. The standard InChI is InChI=1S/C12H17N3O/c1-8-4-2-7-11(14-8)12(16)15-10-6-3-5-9(10)13/h2,4,7,9-10H,3,5-6,13H2,1H3,(H,15,16). The zero-order valence-corrected chi connectivity index (χ0v) is 9.44. The van der Waals surface area contributed by atoms with Crippen molar-refractivity contribution < 1.29 is 4.79 Å². The minimum absolute atomic E-state index is 0.0914. The largest absolute Gasteiger partial charge is 0.346 e. The molecule has 1 fully saturated rings. The lowest BCUT2D eigenvalue weighted by Gasteiger charge is -2.16. The monoisotopic (exact) mass is 219 g/mol. The van der Waals surface area contributed by atoms with Gasteiger partial charge < -0.3 is 11.1 Å². The van der Waals surface area contributed by atoms with Crippen LogP contribution in [0.4, 0.5) is 0 Å². The van der Waals surface area contributed by atoms with Gasteiger partial charge in [-0.3, -0.25) is 4.79 Å². The van der Waals surface area contributed by atoms with E-state index in [2.05, 4.69) is 10.3 Å². The molecular weight excluding hydrogens is 202 g/mol. The van der Waals surface area contributed by atoms with Crippen molar-refractivity contribution in [3.05, 3.63) is 29.6 Å². The topological polar surface area (TPSA) is 68.0 Å². The molecule has 1 aromatic heterocycles. The molecule has 0 aromatic carbocycles. The fourth-order valence-electron chi connectivity index (χ4n) is 2.08. The second-order valence-electron chi connectivity index (χ2n) is 4.34. The fourth-order valence-corrected chi connectivity index (χ4v) is 2.08. The van der Waals surface area contributed by atoms with Crippen molar-refractivity contribution in [2.75, 3.05) is 0 Å². The molecule has 1 heterocycles. The summed E-state index contributed by atoms with van der Waals surface area (Å²) in [6.45, 7) is 1.87. The molecule has 4 nitrogen and oxygen atoms in total. The van der Waals surface area contributed by atoms with Gasteiger partial charge in [-0.25, -0.2) is 4.98 Å². The van der Waals surface area contributed by atoms with Crippen molar-refractivity contribution in [1.29, 1.82) is 0 Å². The lowest BCUT2D eigenvalue weighted by atomic mass is 10.2. The number of hydrogen-bond acceptors (Lipinski definition) is 3. The van der Waals surface area contributed by atoms with Crippen molar-refractivity contribution in [1.82, 2.24) is 10.3 Å². The molecule has 16 heavy (non-hydrogen) atoms. The van der Waals surface area contributed by atoms with Crippen LogP contribution in [0.3, 0.4) is 0 Å². The average Bonchev–Trinajstić information content (AvgIpc) is 2.64. The second-order valence-corrected chi connectivity index (χ2v) is 4.34. The Morgan fingerprint density at radius 1 is 1.50 bits per heavy atom. The van der Waals surface area contributed by atoms with Gasteiger partial charge in [0.25, 0.3) is 5.91 Å². The van der Waals surface area contributed by atoms with Crippen LogP contribution in [-0.4, -0.2) is 23.0 Å². The Kier molecular flexibility index (Phi) is 3.19. The zero-order chi connectivity index (χ0) is 11.5. The van der Waals surface area contributed by atoms with Gasteiger partial charge in [0.2, 0.25) is 0 Å². The Hall–Kier alpha value is -1.42. The first-order chi connectivity index (χ1) is 7.66. The van der Waals surface area contributed by atoms with Gasteiger partial charge in [-0.05, 0) is 38.3 Å². The number of rotatable bonds is 2. The Balaban J connectivity index is 2.03. The van der Waals surface area contributed by atoms with E-state index in [0.717, 1.165) is 25.0 Å². The zero-order valence-electron chi connectivity index (χ0n) is 9.44. The predicted octanol–water partition coefficient (Wildman–Crippen LogP) is 1.000. The highest BCUT2D eigenvalue weighted by molar-refractivity contribution is 5.92. The Labute approximate surface area is 95.3 Å². The molecule has 0 aliphatic heterocycles. The molecule has 2 rings (SSSR count). The maximum absolute atomic E-state index is 11.9. The summed E-state index contributed by atoms with van der Waals surface area (Å²) in [5.74, 6) is -0.119. The number of carbonyl (C=O) groups is 1. The number of aromatic nitrogens is 1. The van der Waals surface area contributed by atoms with E-state index in [1.165, 1.54) is 0 Å². The van der Waals surface area contributed by atoms with Crippen LogP contribution < -0.4 is 11.1 Å². The summed E-state index contributed by atoms with van der Waals surface area (Å²) in [5, 5.41) is 2.95. The van der Waals surface area contributed by atoms with Crippen LogP contribution in [0, 0.1) is 6.92 Å². The van der Waals surface area contributed by atoms with E-state index in [-0.39, 0.29) is 18.0 Å². The van der Waals surface area contributed by atoms with E-state index >= 15 is 0 Å². The normalized spacial score (nSPS) is 24.4. The van der Waals surface area contributed by atoms with Crippen molar-refractivity contribution in [3.63, 3.8) is 0 Å². The van der Waals surface area contributed by atoms with Gasteiger partial charge in [-0.15, -0.1) is 0 Å². The van der Waals surface area contributed by atoms with Crippen LogP contribution in [0.25, 0.3) is 0 Å². The predicted molar refractivity (Wildman–Crippen MR) is 62.1 cm³/mol. The van der Waals surface area contributed by atoms with Gasteiger partial charge in [-0.1, -0.05) is 6.07 Å². The number of nitrogens with two attached hydrogens (primary N) is 1. The number of carbonyl (C=O) groups excluding carboxylic acids is 1. The Bertz CT molecular complexity index is 392. The van der Waals surface area contributed by atoms with Gasteiger partial charge in [0, 0.05) is 17.8 Å². The summed E-state index contributed by atoms with van der Waals surface area (Å²) < 4.78 is 0. The highest BCUT2D eigenvalue weighted by atomic mass is 16.1. The minimum atomic E-state index is -0.119. The molecular formula is C12H17N3O. The molecule has 1 aromatic rings. The molecule has 1 saturated carbocycles. The third kappa shape index (κ3) is 2.39. The third-order valence-electron chi connectivity index (χ3n) is 3.01. The number of nitrogens with zero attached hydrogens (tertiary/aromatic N) is 1. The molecule has 2 unspecified atom stereocenters. The van der Waals surface area contributed by atoms with Crippen molar-refractivity contribution in [2.45, 2.75) is 38.3 Å². The first-order valence-corrected chi connectivity index (χ1v) is 5.67. The summed E-state index contributed by atoms with van der Waals surface area (Å²) in [4.78, 5) is 16.1. The van der Waals surface area contributed by atoms with Gasteiger partial charge in [-0.2, -0.15) is 0 Å². The van der Waals surface area contributed by atoms with E-state index in [9.17, 15) is 4.79 Å². The first-order valence-electron chi connectivity index (χ1n) is 5.67. The van der Waals surface area contributed by atoms with E-state index in [1.54, 1.807) is 6.07 Å². The first kappa shape index (κ1) is 11.1. The molecule has 86 valence electrons. The number of amides is 1. The maximum Gasteiger partial charge on any atom is 0.270 e. The van der Waals surface area contributed by atoms with Gasteiger partial charge in [0.1, 0.15) is 5.69 Å². The van der Waals surface area contributed by atoms with E-state index in [4.69, 9.17) is 5.73 Å². The number of pyridine rings is 1. The van der Waals surface area contributed by atoms with Gasteiger partial charge in [0.15, 0.2) is 0 Å². The number of hydrogen-bond donors (Lipinski definition) is 2. The molecule has 0 radical (unpaired) electrons. The summed E-state index contributed by atoms with van der Waals surface area (Å²) in [5.41, 5.74) is 7.22. The van der Waals surface area contributed by atoms with E-state index < -0.39 is 0 Å². The van der Waals surface area contributed by atoms with Gasteiger partial charge >= 0.3 is 0 Å². The third-order valence-corrected chi connectivity index (χ3v) is 3.01. The highest BCUT2D eigenvalue weighted by Crippen LogP contribution is 2.17. The quantitative estimate of drug-likeness (QED) is 0.779. The van der Waals surface area contributed by atoms with Crippen LogP contribution in [0.15, 0.2) is 18.2 Å². The molecule has 1 aliphatic carbocycles. The number of aryl methyl sites for hydroxylation is 1. The highest BCUT2D eigenvalue weighted by Gasteiger charge is 2.25. The fraction of sp³-hybridized carbons (Fsp3) is 0.500. The van der Waals surface area contributed by atoms with E-state index in [0.29, 0.717) is 5.69 Å². The molecule has 2 atom stereocenters. The smallest absolute Gasteiger partial charge is 0.270 e. The lowest BCUT2D eigenvalue weighted by molar-refractivity contribution is 0.0929. The Morgan fingerprint density at radius 2 is 2.31 bits per heavy atom. The molecule has 1 aliphatic rings. The van der Waals surface area contributed by atoms with Gasteiger partial charge in [0.05, 0.1) is 0 Å². The van der Waals surface area contributed by atoms with Crippen LogP contribution in [-0.2, 0) is 0 Å². The summed E-state index contributed by atoms with van der Waals surface area (Å²) in [7, 11) is 0. The maximum atomic E-state index is 11.9. The molecule has 0 bridgehead atoms. The van der Waals surface area contributed by atoms with Crippen molar-refractivity contribution in [3.8, 4) is 0 Å². The summed E-state index contributed by atoms with van der Waals surface area (Å²) >= 11 is 0. The minimum Gasteiger partial charge on any atom is -0.346 e. The molecule has 3 N–H and O–H groups in total. The second kappa shape index (κ2) is 4.61. The van der Waals surface area contributed by atoms with Crippen LogP contribution in [0.5, 0.6) is 0 Å². The number of nitrogens with one attached hydrogen (secondary N) is 1. The summed E-state index contributed by atoms with van der Waals surface area (Å²) in [6, 6.07) is 5.63. The molecule has 0 spiro atoms. The van der Waals surface area contributed by atoms with Crippen LogP contribution in [0.1, 0.15) is 35.4 Å². The van der Waals surface area contributed by atoms with Crippen LogP contribution in [0.2, 0.25) is 0 Å². The Morgan fingerprint density at radius 3 is 2.94 bits per heavy atom. The van der Waals surface area contributed by atoms with Crippen molar-refractivity contribution >= 4 is 5.91 Å².